The van der Waals surface area contributed by atoms with E-state index in [1.54, 1.807) is 51.1 Å². The number of nitriles is 1. The van der Waals surface area contributed by atoms with Gasteiger partial charge < -0.3 is 35.4 Å². The molecular formula is C31H40N6O7. The van der Waals surface area contributed by atoms with Crippen molar-refractivity contribution in [2.24, 2.45) is 27.6 Å². The van der Waals surface area contributed by atoms with Crippen LogP contribution in [-0.4, -0.2) is 78.1 Å². The maximum Gasteiger partial charge on any atom is 0.323 e. The van der Waals surface area contributed by atoms with Crippen molar-refractivity contribution in [2.45, 2.75) is 70.5 Å². The molecule has 13 nitrogen and oxygen atoms in total. The van der Waals surface area contributed by atoms with Crippen molar-refractivity contribution < 1.29 is 33.7 Å². The highest BCUT2D eigenvalue weighted by Crippen LogP contribution is 2.41. The van der Waals surface area contributed by atoms with Crippen molar-refractivity contribution in [1.29, 1.82) is 5.26 Å². The fraction of sp³-hybridized carbons (Fsp3) is 0.484. The summed E-state index contributed by atoms with van der Waals surface area (Å²) in [4.78, 5) is 49.1. The molecule has 1 amide bonds. The number of ether oxygens (including phenoxy) is 3. The van der Waals surface area contributed by atoms with Gasteiger partial charge in [-0.05, 0) is 30.0 Å². The number of amides is 1. The lowest BCUT2D eigenvalue weighted by Gasteiger charge is -2.25. The number of aliphatic imine (C=N–C) groups is 2. The number of nitrogens with two attached hydrogens (primary N) is 1. The van der Waals surface area contributed by atoms with E-state index in [2.05, 4.69) is 20.3 Å². The molecule has 1 saturated heterocycles. The van der Waals surface area contributed by atoms with Gasteiger partial charge in [-0.3, -0.25) is 19.4 Å². The lowest BCUT2D eigenvalue weighted by molar-refractivity contribution is -0.162. The summed E-state index contributed by atoms with van der Waals surface area (Å²) in [6.45, 7) is 6.70. The number of hydrogen-bond acceptors (Lipinski definition) is 10. The monoisotopic (exact) mass is 608 g/mol. The number of amidine groups is 1. The Morgan fingerprint density at radius 3 is 2.55 bits per heavy atom. The molecular weight excluding hydrogens is 568 g/mol. The number of rotatable bonds is 12. The summed E-state index contributed by atoms with van der Waals surface area (Å²) in [5, 5.41) is 24.6. The second-order valence-electron chi connectivity index (χ2n) is 10.9. The summed E-state index contributed by atoms with van der Waals surface area (Å²) in [6, 6.07) is 13.0. The average molecular weight is 609 g/mol. The smallest absolute Gasteiger partial charge is 0.323 e. The van der Waals surface area contributed by atoms with E-state index in [4.69, 9.17) is 19.9 Å². The van der Waals surface area contributed by atoms with Crippen LogP contribution in [0.2, 0.25) is 0 Å². The van der Waals surface area contributed by atoms with Crippen LogP contribution in [-0.2, 0) is 40.6 Å². The number of benzene rings is 1. The molecule has 5 N–H and O–H groups in total. The summed E-state index contributed by atoms with van der Waals surface area (Å²) in [7, 11) is 1.52. The molecule has 3 rings (SSSR count). The second kappa shape index (κ2) is 15.4. The Bertz CT molecular complexity index is 1400. The molecule has 44 heavy (non-hydrogen) atoms. The first-order valence-corrected chi connectivity index (χ1v) is 14.4. The number of H-pyrrole nitrogens is 1. The summed E-state index contributed by atoms with van der Waals surface area (Å²) in [6.07, 6.45) is -2.51. The summed E-state index contributed by atoms with van der Waals surface area (Å²) in [5.41, 5.74) is 5.03. The van der Waals surface area contributed by atoms with Gasteiger partial charge in [0.25, 0.3) is 0 Å². The molecule has 2 aromatic rings. The highest BCUT2D eigenvalue weighted by molar-refractivity contribution is 6.09. The van der Waals surface area contributed by atoms with Crippen LogP contribution >= 0.6 is 0 Å². The molecule has 1 fully saturated rings. The molecule has 0 unspecified atom stereocenters. The van der Waals surface area contributed by atoms with Crippen LogP contribution < -0.4 is 11.1 Å². The Morgan fingerprint density at radius 2 is 1.93 bits per heavy atom. The van der Waals surface area contributed by atoms with Crippen LogP contribution in [0.4, 0.5) is 0 Å². The number of aliphatic hydroxyl groups excluding tert-OH is 1. The molecule has 0 aliphatic carbocycles. The zero-order valence-corrected chi connectivity index (χ0v) is 25.5. The molecule has 13 heteroatoms. The topological polar surface area (TPSA) is 201 Å². The SMILES string of the molecule is CC[C@H](C)C(=O)NC(=NC=NC)c1ccc([C@]2(C#N)O[C@H](COC(=O)Cc3ccccc3)[C@@H](OC(=O)[C@@H](N)C(C)C)[C@H]2O)[nH]1. The minimum absolute atomic E-state index is 0.0201. The molecule has 0 bridgehead atoms. The van der Waals surface area contributed by atoms with Crippen molar-refractivity contribution in [3.05, 3.63) is 59.4 Å². The van der Waals surface area contributed by atoms with Crippen molar-refractivity contribution >= 4 is 30.0 Å². The largest absolute Gasteiger partial charge is 0.463 e. The number of carbonyl (C=O) groups is 3. The van der Waals surface area contributed by atoms with Crippen molar-refractivity contribution in [3.63, 3.8) is 0 Å². The zero-order valence-electron chi connectivity index (χ0n) is 25.5. The third-order valence-electron chi connectivity index (χ3n) is 7.39. The van der Waals surface area contributed by atoms with Gasteiger partial charge in [-0.25, -0.2) is 4.99 Å². The number of hydrogen-bond donors (Lipinski definition) is 4. The van der Waals surface area contributed by atoms with Gasteiger partial charge in [0.2, 0.25) is 11.5 Å². The highest BCUT2D eigenvalue weighted by Gasteiger charge is 2.59. The zero-order chi connectivity index (χ0) is 32.4. The fourth-order valence-corrected chi connectivity index (χ4v) is 4.39. The Hall–Kier alpha value is -4.38. The molecule has 1 aromatic heterocycles. The number of nitrogens with zero attached hydrogens (tertiary/aromatic N) is 3. The Balaban J connectivity index is 1.92. The van der Waals surface area contributed by atoms with E-state index in [9.17, 15) is 24.8 Å². The first kappa shape index (κ1) is 34.1. The average Bonchev–Trinajstić information content (AvgIpc) is 3.61. The fourth-order valence-electron chi connectivity index (χ4n) is 4.39. The van der Waals surface area contributed by atoms with Crippen LogP contribution in [0, 0.1) is 23.2 Å². The molecule has 0 radical (unpaired) electrons. The van der Waals surface area contributed by atoms with Gasteiger partial charge in [0, 0.05) is 13.0 Å². The third kappa shape index (κ3) is 7.96. The van der Waals surface area contributed by atoms with Gasteiger partial charge in [0.05, 0.1) is 17.8 Å². The predicted octanol–water partition coefficient (Wildman–Crippen LogP) is 1.74. The number of aromatic amines is 1. The minimum atomic E-state index is -2.08. The van der Waals surface area contributed by atoms with Crippen LogP contribution in [0.25, 0.3) is 0 Å². The van der Waals surface area contributed by atoms with Crippen LogP contribution in [0.1, 0.15) is 51.1 Å². The number of nitrogens with one attached hydrogen (secondary N) is 2. The number of aromatic nitrogens is 1. The molecule has 1 aromatic carbocycles. The second-order valence-corrected chi connectivity index (χ2v) is 10.9. The van der Waals surface area contributed by atoms with E-state index in [-0.39, 0.29) is 35.7 Å². The normalized spacial score (nSPS) is 23.2. The van der Waals surface area contributed by atoms with Gasteiger partial charge in [-0.2, -0.15) is 5.26 Å². The maximum absolute atomic E-state index is 12.8. The van der Waals surface area contributed by atoms with E-state index in [0.717, 1.165) is 5.56 Å². The van der Waals surface area contributed by atoms with Gasteiger partial charge in [-0.1, -0.05) is 58.0 Å². The molecule has 2 heterocycles. The Morgan fingerprint density at radius 1 is 1.23 bits per heavy atom. The third-order valence-corrected chi connectivity index (χ3v) is 7.39. The van der Waals surface area contributed by atoms with Gasteiger partial charge in [0.1, 0.15) is 37.3 Å². The van der Waals surface area contributed by atoms with Crippen molar-refractivity contribution in [1.82, 2.24) is 10.3 Å². The molecule has 0 saturated carbocycles. The van der Waals surface area contributed by atoms with Crippen molar-refractivity contribution in [2.75, 3.05) is 13.7 Å². The maximum atomic E-state index is 12.8. The number of esters is 2. The number of carbonyl (C=O) groups excluding carboxylic acids is 3. The summed E-state index contributed by atoms with van der Waals surface area (Å²) < 4.78 is 17.1. The summed E-state index contributed by atoms with van der Waals surface area (Å²) >= 11 is 0. The Labute approximate surface area is 256 Å². The predicted molar refractivity (Wildman–Crippen MR) is 161 cm³/mol. The molecule has 236 valence electrons. The van der Waals surface area contributed by atoms with Crippen molar-refractivity contribution in [3.8, 4) is 6.07 Å². The lowest BCUT2D eigenvalue weighted by atomic mass is 9.92. The summed E-state index contributed by atoms with van der Waals surface area (Å²) in [5.74, 6) is -2.10. The lowest BCUT2D eigenvalue weighted by Crippen LogP contribution is -2.46. The quantitative estimate of drug-likeness (QED) is 0.157. The van der Waals surface area contributed by atoms with Gasteiger partial charge in [0.15, 0.2) is 11.9 Å². The van der Waals surface area contributed by atoms with E-state index < -0.39 is 48.5 Å². The van der Waals surface area contributed by atoms with E-state index in [1.165, 1.54) is 19.5 Å². The van der Waals surface area contributed by atoms with Crippen LogP contribution in [0.3, 0.4) is 0 Å². The van der Waals surface area contributed by atoms with E-state index >= 15 is 0 Å². The van der Waals surface area contributed by atoms with Crippen LogP contribution in [0.15, 0.2) is 52.4 Å². The molecule has 1 aliphatic rings. The molecule has 0 spiro atoms. The highest BCUT2D eigenvalue weighted by atomic mass is 16.6. The minimum Gasteiger partial charge on any atom is -0.463 e. The van der Waals surface area contributed by atoms with E-state index in [1.807, 2.05) is 19.1 Å². The molecule has 6 atom stereocenters. The standard InChI is InChI=1S/C31H40N6O7/c1-6-19(4)29(40)37-28(35-17-34-5)21-12-13-23(36-21)31(16-32)27(39)26(43-30(41)25(33)18(2)3)22(44-31)15-42-24(38)14-20-10-8-7-9-11-20/h7-13,17-19,22,25-27,36,39H,6,14-15,33H2,1-5H3,(H,34,35,37,40)/t19-,22+,25-,26+,27+,31-/m0/s1. The van der Waals surface area contributed by atoms with E-state index in [0.29, 0.717) is 12.1 Å². The first-order valence-electron chi connectivity index (χ1n) is 14.4. The Kier molecular flexibility index (Phi) is 11.9. The van der Waals surface area contributed by atoms with Crippen LogP contribution in [0.5, 0.6) is 0 Å². The molecule has 1 aliphatic heterocycles. The van der Waals surface area contributed by atoms with Gasteiger partial charge >= 0.3 is 11.9 Å². The number of aliphatic hydroxyl groups is 1. The first-order chi connectivity index (χ1) is 21.0. The van der Waals surface area contributed by atoms with Gasteiger partial charge in [-0.15, -0.1) is 0 Å².